The number of nitrogens with one attached hydrogen (secondary N) is 1. The maximum atomic E-state index is 12.4. The first-order chi connectivity index (χ1) is 12.6. The normalized spacial score (nSPS) is 15.0. The molecular weight excluding hydrogens is 370 g/mol. The highest BCUT2D eigenvalue weighted by molar-refractivity contribution is 7.08. The lowest BCUT2D eigenvalue weighted by Gasteiger charge is -2.34. The van der Waals surface area contributed by atoms with E-state index in [0.717, 1.165) is 38.3 Å². The van der Waals surface area contributed by atoms with Gasteiger partial charge in [0.25, 0.3) is 5.91 Å². The molecule has 0 bridgehead atoms. The fourth-order valence-corrected chi connectivity index (χ4v) is 3.69. The van der Waals surface area contributed by atoms with Crippen LogP contribution in [0, 0.1) is 0 Å². The van der Waals surface area contributed by atoms with Crippen molar-refractivity contribution in [2.75, 3.05) is 39.3 Å². The summed E-state index contributed by atoms with van der Waals surface area (Å²) in [6.45, 7) is 4.54. The van der Waals surface area contributed by atoms with Gasteiger partial charge in [-0.05, 0) is 29.1 Å². The summed E-state index contributed by atoms with van der Waals surface area (Å²) in [5, 5.41) is 7.37. The summed E-state index contributed by atoms with van der Waals surface area (Å²) < 4.78 is 0. The second kappa shape index (κ2) is 9.16. The van der Waals surface area contributed by atoms with Crippen molar-refractivity contribution >= 4 is 34.8 Å². The molecule has 0 atom stereocenters. The first kappa shape index (κ1) is 18.9. The third-order valence-electron chi connectivity index (χ3n) is 4.49. The molecule has 2 amide bonds. The molecule has 1 aromatic heterocycles. The van der Waals surface area contributed by atoms with Gasteiger partial charge in [0.1, 0.15) is 0 Å². The predicted octanol–water partition coefficient (Wildman–Crippen LogP) is 2.52. The van der Waals surface area contributed by atoms with Crippen LogP contribution in [0.4, 0.5) is 0 Å². The number of hydrogen-bond donors (Lipinski definition) is 1. The zero-order chi connectivity index (χ0) is 18.4. The molecule has 0 saturated carbocycles. The lowest BCUT2D eigenvalue weighted by atomic mass is 10.1. The molecule has 1 aromatic carbocycles. The van der Waals surface area contributed by atoms with Gasteiger partial charge in [0.05, 0.1) is 6.42 Å². The van der Waals surface area contributed by atoms with Crippen LogP contribution in [-0.4, -0.2) is 60.9 Å². The minimum absolute atomic E-state index is 0.0250. The average Bonchev–Trinajstić information content (AvgIpc) is 3.19. The Morgan fingerprint density at radius 2 is 1.81 bits per heavy atom. The number of amides is 2. The van der Waals surface area contributed by atoms with Gasteiger partial charge >= 0.3 is 0 Å². The van der Waals surface area contributed by atoms with Crippen molar-refractivity contribution < 1.29 is 9.59 Å². The quantitative estimate of drug-likeness (QED) is 0.823. The first-order valence-electron chi connectivity index (χ1n) is 8.67. The lowest BCUT2D eigenvalue weighted by molar-refractivity contribution is -0.132. The first-order valence-corrected chi connectivity index (χ1v) is 9.99. The second-order valence-corrected chi connectivity index (χ2v) is 7.51. The largest absolute Gasteiger partial charge is 0.351 e. The van der Waals surface area contributed by atoms with Gasteiger partial charge in [0.15, 0.2) is 0 Å². The van der Waals surface area contributed by atoms with Gasteiger partial charge in [-0.15, -0.1) is 0 Å². The van der Waals surface area contributed by atoms with Crippen LogP contribution in [0.1, 0.15) is 15.9 Å². The molecule has 3 rings (SSSR count). The lowest BCUT2D eigenvalue weighted by Crippen LogP contribution is -2.50. The van der Waals surface area contributed by atoms with Crippen LogP contribution in [0.5, 0.6) is 0 Å². The summed E-state index contributed by atoms with van der Waals surface area (Å²) in [5.74, 6) is 0.126. The highest BCUT2D eigenvalue weighted by Gasteiger charge is 2.21. The maximum Gasteiger partial charge on any atom is 0.252 e. The number of rotatable bonds is 6. The van der Waals surface area contributed by atoms with E-state index in [-0.39, 0.29) is 11.8 Å². The van der Waals surface area contributed by atoms with Gasteiger partial charge < -0.3 is 10.2 Å². The maximum absolute atomic E-state index is 12.4. The Bertz CT molecular complexity index is 726. The topological polar surface area (TPSA) is 52.7 Å². The van der Waals surface area contributed by atoms with Crippen molar-refractivity contribution in [3.8, 4) is 0 Å². The molecule has 0 aliphatic carbocycles. The van der Waals surface area contributed by atoms with Gasteiger partial charge in [-0.3, -0.25) is 14.5 Å². The van der Waals surface area contributed by atoms with Crippen LogP contribution in [0.2, 0.25) is 5.02 Å². The number of nitrogens with zero attached hydrogens (tertiary/aromatic N) is 2. The van der Waals surface area contributed by atoms with E-state index in [1.54, 1.807) is 0 Å². The molecule has 0 radical (unpaired) electrons. The smallest absolute Gasteiger partial charge is 0.252 e. The zero-order valence-corrected chi connectivity index (χ0v) is 16.1. The highest BCUT2D eigenvalue weighted by Crippen LogP contribution is 2.12. The van der Waals surface area contributed by atoms with Crippen LogP contribution in [0.15, 0.2) is 41.1 Å². The Morgan fingerprint density at radius 1 is 1.08 bits per heavy atom. The number of carbonyl (C=O) groups is 2. The molecule has 1 aliphatic rings. The Morgan fingerprint density at radius 3 is 2.46 bits per heavy atom. The minimum Gasteiger partial charge on any atom is -0.351 e. The number of piperazine rings is 1. The van der Waals surface area contributed by atoms with E-state index in [1.807, 2.05) is 46.0 Å². The Kier molecular flexibility index (Phi) is 6.66. The fraction of sp³-hybridized carbons (Fsp3) is 0.368. The Hall–Kier alpha value is -1.89. The van der Waals surface area contributed by atoms with Gasteiger partial charge in [-0.1, -0.05) is 23.7 Å². The molecule has 1 saturated heterocycles. The van der Waals surface area contributed by atoms with Crippen molar-refractivity contribution in [1.82, 2.24) is 15.1 Å². The molecule has 2 aromatic rings. The Labute approximate surface area is 162 Å². The molecule has 0 spiro atoms. The summed E-state index contributed by atoms with van der Waals surface area (Å²) in [6, 6.07) is 9.24. The van der Waals surface area contributed by atoms with E-state index >= 15 is 0 Å². The predicted molar refractivity (Wildman–Crippen MR) is 105 cm³/mol. The van der Waals surface area contributed by atoms with E-state index in [1.165, 1.54) is 11.3 Å². The highest BCUT2D eigenvalue weighted by atomic mass is 35.5. The van der Waals surface area contributed by atoms with Gasteiger partial charge in [-0.2, -0.15) is 11.3 Å². The van der Waals surface area contributed by atoms with Crippen LogP contribution in [0.25, 0.3) is 0 Å². The number of halogens is 1. The number of thiophene rings is 1. The van der Waals surface area contributed by atoms with E-state index in [9.17, 15) is 9.59 Å². The van der Waals surface area contributed by atoms with Crippen molar-refractivity contribution in [3.63, 3.8) is 0 Å². The third kappa shape index (κ3) is 5.30. The van der Waals surface area contributed by atoms with E-state index in [2.05, 4.69) is 10.2 Å². The van der Waals surface area contributed by atoms with Gasteiger partial charge in [0, 0.05) is 55.2 Å². The molecule has 7 heteroatoms. The van der Waals surface area contributed by atoms with Gasteiger partial charge in [-0.25, -0.2) is 0 Å². The number of benzene rings is 1. The van der Waals surface area contributed by atoms with Crippen molar-refractivity contribution in [3.05, 3.63) is 57.2 Å². The third-order valence-corrected chi connectivity index (χ3v) is 5.43. The summed E-state index contributed by atoms with van der Waals surface area (Å²) in [5.41, 5.74) is 1.70. The SMILES string of the molecule is O=C(NCCN1CCN(C(=O)Cc2ccc(Cl)cc2)CC1)c1ccsc1. The molecule has 138 valence electrons. The van der Waals surface area contributed by atoms with E-state index < -0.39 is 0 Å². The molecule has 2 heterocycles. The second-order valence-electron chi connectivity index (χ2n) is 6.29. The summed E-state index contributed by atoms with van der Waals surface area (Å²) in [6.07, 6.45) is 0.411. The van der Waals surface area contributed by atoms with Crippen LogP contribution < -0.4 is 5.32 Å². The monoisotopic (exact) mass is 391 g/mol. The van der Waals surface area contributed by atoms with E-state index in [0.29, 0.717) is 23.6 Å². The summed E-state index contributed by atoms with van der Waals surface area (Å²) in [7, 11) is 0. The average molecular weight is 392 g/mol. The molecule has 5 nitrogen and oxygen atoms in total. The minimum atomic E-state index is -0.0250. The van der Waals surface area contributed by atoms with Gasteiger partial charge in [0.2, 0.25) is 5.91 Å². The van der Waals surface area contributed by atoms with Crippen molar-refractivity contribution in [1.29, 1.82) is 0 Å². The van der Waals surface area contributed by atoms with Crippen LogP contribution in [0.3, 0.4) is 0 Å². The molecule has 0 unspecified atom stereocenters. The number of hydrogen-bond acceptors (Lipinski definition) is 4. The summed E-state index contributed by atoms with van der Waals surface area (Å²) in [4.78, 5) is 28.5. The van der Waals surface area contributed by atoms with E-state index in [4.69, 9.17) is 11.6 Å². The number of carbonyl (C=O) groups excluding carboxylic acids is 2. The summed E-state index contributed by atoms with van der Waals surface area (Å²) >= 11 is 7.39. The molecule has 1 N–H and O–H groups in total. The molecule has 1 fully saturated rings. The van der Waals surface area contributed by atoms with Crippen LogP contribution in [-0.2, 0) is 11.2 Å². The Balaban J connectivity index is 1.36. The van der Waals surface area contributed by atoms with Crippen molar-refractivity contribution in [2.24, 2.45) is 0 Å². The standard InChI is InChI=1S/C19H22ClN3O2S/c20-17-3-1-15(2-4-17)13-18(24)23-10-8-22(9-11-23)7-6-21-19(25)16-5-12-26-14-16/h1-5,12,14H,6-11,13H2,(H,21,25). The molecule has 1 aliphatic heterocycles. The molecular formula is C19H22ClN3O2S. The zero-order valence-electron chi connectivity index (χ0n) is 14.5. The van der Waals surface area contributed by atoms with Crippen LogP contribution >= 0.6 is 22.9 Å². The van der Waals surface area contributed by atoms with Crippen molar-refractivity contribution in [2.45, 2.75) is 6.42 Å². The fourth-order valence-electron chi connectivity index (χ4n) is 2.93. The molecule has 26 heavy (non-hydrogen) atoms.